The second-order valence-electron chi connectivity index (χ2n) is 6.76. The average molecular weight is 226 g/mol. The molecule has 0 aromatic rings. The van der Waals surface area contributed by atoms with E-state index in [0.717, 1.165) is 5.54 Å². The van der Waals surface area contributed by atoms with Gasteiger partial charge in [-0.15, -0.1) is 0 Å². The summed E-state index contributed by atoms with van der Waals surface area (Å²) in [6.45, 7) is 7.35. The monoisotopic (exact) mass is 226 g/mol. The zero-order chi connectivity index (χ0) is 11.1. The zero-order valence-electron chi connectivity index (χ0n) is 10.5. The van der Waals surface area contributed by atoms with Gasteiger partial charge in [-0.05, 0) is 36.6 Å². The summed E-state index contributed by atoms with van der Waals surface area (Å²) in [7, 11) is -0.973. The van der Waals surface area contributed by atoms with E-state index in [-0.39, 0.29) is 6.10 Å². The second-order valence-corrected chi connectivity index (χ2v) is 12.2. The molecule has 2 aliphatic rings. The first kappa shape index (κ1) is 11.7. The van der Waals surface area contributed by atoms with Crippen molar-refractivity contribution in [1.82, 2.24) is 0 Å². The average Bonchev–Trinajstić information content (AvgIpc) is 2.97. The van der Waals surface area contributed by atoms with Crippen LogP contribution in [-0.4, -0.2) is 19.3 Å². The maximum atomic E-state index is 10.4. The minimum atomic E-state index is -0.973. The summed E-state index contributed by atoms with van der Waals surface area (Å²) in [6, 6.07) is 0. The molecule has 2 saturated carbocycles. The number of aliphatic hydroxyl groups is 1. The van der Waals surface area contributed by atoms with E-state index in [4.69, 9.17) is 0 Å². The lowest BCUT2D eigenvalue weighted by Crippen LogP contribution is -2.29. The van der Waals surface area contributed by atoms with Crippen molar-refractivity contribution in [3.63, 3.8) is 0 Å². The van der Waals surface area contributed by atoms with Gasteiger partial charge in [-0.25, -0.2) is 0 Å². The summed E-state index contributed by atoms with van der Waals surface area (Å²) in [6.07, 6.45) is 8.05. The Morgan fingerprint density at radius 1 is 1.07 bits per heavy atom. The fourth-order valence-electron chi connectivity index (χ4n) is 3.41. The molecule has 0 unspecified atom stereocenters. The first-order valence-corrected chi connectivity index (χ1v) is 10.3. The molecule has 0 spiro atoms. The van der Waals surface area contributed by atoms with Crippen LogP contribution >= 0.6 is 0 Å². The van der Waals surface area contributed by atoms with Crippen LogP contribution in [0, 0.1) is 11.8 Å². The normalized spacial score (nSPS) is 35.2. The van der Waals surface area contributed by atoms with E-state index in [1.807, 2.05) is 0 Å². The first-order valence-electron chi connectivity index (χ1n) is 6.68. The maximum Gasteiger partial charge on any atom is 0.0596 e. The molecule has 15 heavy (non-hydrogen) atoms. The molecule has 0 aromatic carbocycles. The Morgan fingerprint density at radius 2 is 1.67 bits per heavy atom. The maximum absolute atomic E-state index is 10.4. The lowest BCUT2D eigenvalue weighted by molar-refractivity contribution is 0.0658. The fraction of sp³-hybridized carbons (Fsp3) is 1.00. The summed E-state index contributed by atoms with van der Waals surface area (Å²) in [4.78, 5) is 0. The van der Waals surface area contributed by atoms with Crippen LogP contribution in [0.5, 0.6) is 0 Å². The van der Waals surface area contributed by atoms with Crippen molar-refractivity contribution >= 4 is 8.07 Å². The Bertz CT molecular complexity index is 215. The smallest absolute Gasteiger partial charge is 0.0596 e. The molecule has 88 valence electrons. The van der Waals surface area contributed by atoms with Gasteiger partial charge in [-0.1, -0.05) is 38.9 Å². The van der Waals surface area contributed by atoms with E-state index in [9.17, 15) is 5.11 Å². The van der Waals surface area contributed by atoms with Crippen LogP contribution < -0.4 is 0 Å². The molecular weight excluding hydrogens is 200 g/mol. The van der Waals surface area contributed by atoms with E-state index in [0.29, 0.717) is 11.8 Å². The predicted molar refractivity (Wildman–Crippen MR) is 67.8 cm³/mol. The second kappa shape index (κ2) is 4.21. The van der Waals surface area contributed by atoms with E-state index in [1.165, 1.54) is 38.5 Å². The number of aliphatic hydroxyl groups excluding tert-OH is 1. The van der Waals surface area contributed by atoms with Gasteiger partial charge in [-0.2, -0.15) is 0 Å². The molecule has 0 aliphatic heterocycles. The molecule has 0 heterocycles. The van der Waals surface area contributed by atoms with Gasteiger partial charge in [0.25, 0.3) is 0 Å². The van der Waals surface area contributed by atoms with Gasteiger partial charge in [0.05, 0.1) is 6.10 Å². The Kier molecular flexibility index (Phi) is 3.27. The summed E-state index contributed by atoms with van der Waals surface area (Å²) < 4.78 is 0. The van der Waals surface area contributed by atoms with Gasteiger partial charge in [-0.3, -0.25) is 0 Å². The van der Waals surface area contributed by atoms with Crippen LogP contribution in [0.1, 0.15) is 38.5 Å². The van der Waals surface area contributed by atoms with Crippen molar-refractivity contribution in [3.8, 4) is 0 Å². The van der Waals surface area contributed by atoms with Crippen molar-refractivity contribution in [3.05, 3.63) is 0 Å². The third-order valence-corrected chi connectivity index (χ3v) is 7.41. The highest BCUT2D eigenvalue weighted by Gasteiger charge is 2.51. The summed E-state index contributed by atoms with van der Waals surface area (Å²) in [5.74, 6) is 1.32. The van der Waals surface area contributed by atoms with Crippen LogP contribution in [0.15, 0.2) is 0 Å². The Hall–Kier alpha value is 0.177. The molecule has 0 saturated heterocycles. The van der Waals surface area contributed by atoms with E-state index < -0.39 is 8.07 Å². The van der Waals surface area contributed by atoms with Crippen molar-refractivity contribution in [2.45, 2.75) is 69.8 Å². The number of hydrogen-bond donors (Lipinski definition) is 1. The highest BCUT2D eigenvalue weighted by molar-refractivity contribution is 6.78. The van der Waals surface area contributed by atoms with Gasteiger partial charge in [0.2, 0.25) is 0 Å². The van der Waals surface area contributed by atoms with E-state index >= 15 is 0 Å². The molecule has 2 fully saturated rings. The highest BCUT2D eigenvalue weighted by atomic mass is 28.3. The van der Waals surface area contributed by atoms with E-state index in [2.05, 4.69) is 19.6 Å². The zero-order valence-corrected chi connectivity index (χ0v) is 11.5. The fourth-order valence-corrected chi connectivity index (χ4v) is 5.87. The minimum absolute atomic E-state index is 0.0435. The third-order valence-electron chi connectivity index (χ3n) is 4.52. The molecule has 3 atom stereocenters. The van der Waals surface area contributed by atoms with Crippen molar-refractivity contribution in [2.75, 3.05) is 0 Å². The van der Waals surface area contributed by atoms with Gasteiger partial charge >= 0.3 is 0 Å². The molecule has 1 nitrogen and oxygen atoms in total. The standard InChI is InChI=1S/C13H26OSi/c1-15(2,3)12-9-11(12)13(14)10-7-5-4-6-8-10/h10-14H,4-9H2,1-3H3/t11-,12-,13+/m1/s1. The van der Waals surface area contributed by atoms with Crippen molar-refractivity contribution in [1.29, 1.82) is 0 Å². The molecular formula is C13H26OSi. The van der Waals surface area contributed by atoms with Gasteiger partial charge in [0, 0.05) is 8.07 Å². The Labute approximate surface area is 95.3 Å². The Morgan fingerprint density at radius 3 is 2.13 bits per heavy atom. The van der Waals surface area contributed by atoms with Crippen LogP contribution in [0.25, 0.3) is 0 Å². The van der Waals surface area contributed by atoms with Gasteiger partial charge in [0.15, 0.2) is 0 Å². The SMILES string of the molecule is C[Si](C)(C)[C@@H]1C[C@H]1[C@@H](O)C1CCCCC1. The molecule has 2 aliphatic carbocycles. The highest BCUT2D eigenvalue weighted by Crippen LogP contribution is 2.55. The first-order chi connectivity index (χ1) is 7.00. The number of hydrogen-bond acceptors (Lipinski definition) is 1. The summed E-state index contributed by atoms with van der Waals surface area (Å²) in [5.41, 5.74) is 0.912. The van der Waals surface area contributed by atoms with Gasteiger partial charge < -0.3 is 5.11 Å². The molecule has 0 radical (unpaired) electrons. The molecule has 0 amide bonds. The molecule has 2 rings (SSSR count). The third kappa shape index (κ3) is 2.65. The van der Waals surface area contributed by atoms with Crippen LogP contribution in [-0.2, 0) is 0 Å². The molecule has 0 bridgehead atoms. The topological polar surface area (TPSA) is 20.2 Å². The molecule has 2 heteroatoms. The summed E-state index contributed by atoms with van der Waals surface area (Å²) in [5, 5.41) is 10.4. The lowest BCUT2D eigenvalue weighted by Gasteiger charge is -2.28. The molecule has 1 N–H and O–H groups in total. The van der Waals surface area contributed by atoms with Crippen LogP contribution in [0.2, 0.25) is 25.2 Å². The van der Waals surface area contributed by atoms with Crippen molar-refractivity contribution in [2.24, 2.45) is 11.8 Å². The largest absolute Gasteiger partial charge is 0.393 e. The predicted octanol–water partition coefficient (Wildman–Crippen LogP) is 3.66. The Balaban J connectivity index is 1.85. The summed E-state index contributed by atoms with van der Waals surface area (Å²) >= 11 is 0. The molecule has 0 aromatic heterocycles. The van der Waals surface area contributed by atoms with Crippen LogP contribution in [0.3, 0.4) is 0 Å². The lowest BCUT2D eigenvalue weighted by atomic mass is 9.83. The minimum Gasteiger partial charge on any atom is -0.393 e. The van der Waals surface area contributed by atoms with E-state index in [1.54, 1.807) is 0 Å². The quantitative estimate of drug-likeness (QED) is 0.728. The van der Waals surface area contributed by atoms with Crippen LogP contribution in [0.4, 0.5) is 0 Å². The van der Waals surface area contributed by atoms with Gasteiger partial charge in [0.1, 0.15) is 0 Å². The van der Waals surface area contributed by atoms with Crippen molar-refractivity contribution < 1.29 is 5.11 Å². The number of rotatable bonds is 3.